The van der Waals surface area contributed by atoms with Gasteiger partial charge in [0.25, 0.3) is 0 Å². The number of urea groups is 1. The van der Waals surface area contributed by atoms with E-state index in [0.717, 1.165) is 5.56 Å². The van der Waals surface area contributed by atoms with Crippen LogP contribution in [0.4, 0.5) is 10.5 Å². The molecule has 0 radical (unpaired) electrons. The van der Waals surface area contributed by atoms with Crippen molar-refractivity contribution < 1.29 is 14.4 Å². The summed E-state index contributed by atoms with van der Waals surface area (Å²) in [5.41, 5.74) is 13.1. The van der Waals surface area contributed by atoms with Crippen LogP contribution < -0.4 is 22.1 Å². The van der Waals surface area contributed by atoms with E-state index in [-0.39, 0.29) is 24.1 Å². The van der Waals surface area contributed by atoms with Gasteiger partial charge in [-0.15, -0.1) is 0 Å². The van der Waals surface area contributed by atoms with Gasteiger partial charge in [0.2, 0.25) is 5.91 Å². The Morgan fingerprint density at radius 2 is 1.81 bits per heavy atom. The summed E-state index contributed by atoms with van der Waals surface area (Å²) in [6, 6.07) is 6.51. The zero-order valence-electron chi connectivity index (χ0n) is 14.6. The topological polar surface area (TPSA) is 140 Å². The van der Waals surface area contributed by atoms with E-state index in [4.69, 9.17) is 11.5 Å². The molecule has 8 heteroatoms. The molecule has 0 aliphatic heterocycles. The minimum Gasteiger partial charge on any atom is -0.369 e. The molecule has 26 heavy (non-hydrogen) atoms. The molecular weight excluding hydrogens is 334 g/mol. The maximum absolute atomic E-state index is 11.8. The van der Waals surface area contributed by atoms with E-state index in [0.29, 0.717) is 17.0 Å². The number of rotatable bonds is 6. The summed E-state index contributed by atoms with van der Waals surface area (Å²) < 4.78 is 0. The first kappa shape index (κ1) is 19.1. The van der Waals surface area contributed by atoms with Crippen LogP contribution in [-0.4, -0.2) is 30.0 Å². The molecule has 8 nitrogen and oxygen atoms in total. The van der Waals surface area contributed by atoms with Crippen molar-refractivity contribution in [2.45, 2.75) is 19.9 Å². The van der Waals surface area contributed by atoms with Gasteiger partial charge in [0, 0.05) is 12.1 Å². The summed E-state index contributed by atoms with van der Waals surface area (Å²) in [7, 11) is 0. The quantitative estimate of drug-likeness (QED) is 0.565. The molecule has 3 amide bonds. The van der Waals surface area contributed by atoms with Gasteiger partial charge in [0.15, 0.2) is 5.78 Å². The standard InChI is InChI=1S/C18H21N5O3/c1-10-7-14(15(8-16(10)24)23-18(20)26)22-13-5-3-12(4-6-13)11(2)21-9-17(19)25/h3-8,11,21H,9H2,1-2H3,(H2,19,25)(H3,20,23,26). The average molecular weight is 355 g/mol. The van der Waals surface area contributed by atoms with Crippen molar-refractivity contribution in [3.63, 3.8) is 0 Å². The number of aliphatic imine (C=N–C) groups is 1. The Balaban J connectivity index is 2.21. The molecule has 1 aliphatic rings. The van der Waals surface area contributed by atoms with Gasteiger partial charge in [-0.25, -0.2) is 9.79 Å². The molecule has 0 bridgehead atoms. The largest absolute Gasteiger partial charge is 0.369 e. The number of carbonyl (C=O) groups is 3. The normalized spacial score (nSPS) is 16.7. The maximum Gasteiger partial charge on any atom is 0.316 e. The zero-order valence-corrected chi connectivity index (χ0v) is 14.6. The van der Waals surface area contributed by atoms with Crippen LogP contribution in [0.3, 0.4) is 0 Å². The number of amides is 3. The fraction of sp³-hybridized carbons (Fsp3) is 0.222. The maximum atomic E-state index is 11.8. The highest BCUT2D eigenvalue weighted by molar-refractivity contribution is 6.22. The highest BCUT2D eigenvalue weighted by atomic mass is 16.2. The highest BCUT2D eigenvalue weighted by Gasteiger charge is 2.17. The molecule has 1 aromatic carbocycles. The SMILES string of the molecule is CC1=CC(=Nc2ccc(C(C)NCC(N)=O)cc2)C(NC(N)=O)=CC1=O. The second kappa shape index (κ2) is 8.21. The van der Waals surface area contributed by atoms with Crippen LogP contribution in [0.25, 0.3) is 0 Å². The summed E-state index contributed by atoms with van der Waals surface area (Å²) in [5.74, 6) is -0.632. The van der Waals surface area contributed by atoms with E-state index in [1.54, 1.807) is 25.1 Å². The third-order valence-corrected chi connectivity index (χ3v) is 3.78. The van der Waals surface area contributed by atoms with Crippen LogP contribution in [0.15, 0.2) is 52.7 Å². The molecule has 0 spiro atoms. The van der Waals surface area contributed by atoms with Crippen molar-refractivity contribution in [3.05, 3.63) is 53.3 Å². The molecule has 6 N–H and O–H groups in total. The number of allylic oxidation sites excluding steroid dienone is 3. The second-order valence-corrected chi connectivity index (χ2v) is 5.90. The lowest BCUT2D eigenvalue weighted by molar-refractivity contribution is -0.117. The van der Waals surface area contributed by atoms with E-state index in [1.165, 1.54) is 6.08 Å². The average Bonchev–Trinajstić information content (AvgIpc) is 2.57. The van der Waals surface area contributed by atoms with Gasteiger partial charge in [-0.1, -0.05) is 12.1 Å². The molecule has 1 aromatic rings. The molecule has 1 atom stereocenters. The lowest BCUT2D eigenvalue weighted by atomic mass is 10.0. The third-order valence-electron chi connectivity index (χ3n) is 3.78. The van der Waals surface area contributed by atoms with E-state index < -0.39 is 11.9 Å². The van der Waals surface area contributed by atoms with Crippen LogP contribution in [0.1, 0.15) is 25.5 Å². The second-order valence-electron chi connectivity index (χ2n) is 5.90. The first-order valence-corrected chi connectivity index (χ1v) is 7.97. The fourth-order valence-electron chi connectivity index (χ4n) is 2.35. The van der Waals surface area contributed by atoms with E-state index >= 15 is 0 Å². The fourth-order valence-corrected chi connectivity index (χ4v) is 2.35. The smallest absolute Gasteiger partial charge is 0.316 e. The number of nitrogens with one attached hydrogen (secondary N) is 2. The zero-order chi connectivity index (χ0) is 19.3. The Hall–Kier alpha value is -3.26. The lowest BCUT2D eigenvalue weighted by Crippen LogP contribution is -2.33. The number of hydrogen-bond donors (Lipinski definition) is 4. The summed E-state index contributed by atoms with van der Waals surface area (Å²) >= 11 is 0. The Morgan fingerprint density at radius 3 is 2.38 bits per heavy atom. The third kappa shape index (κ3) is 5.12. The summed E-state index contributed by atoms with van der Waals surface area (Å²) in [4.78, 5) is 38.2. The molecule has 0 saturated carbocycles. The Kier molecular flexibility index (Phi) is 6.03. The van der Waals surface area contributed by atoms with Gasteiger partial charge >= 0.3 is 6.03 Å². The number of benzene rings is 1. The highest BCUT2D eigenvalue weighted by Crippen LogP contribution is 2.20. The van der Waals surface area contributed by atoms with Gasteiger partial charge in [0.1, 0.15) is 0 Å². The molecule has 1 unspecified atom stereocenters. The van der Waals surface area contributed by atoms with E-state index in [9.17, 15) is 14.4 Å². The number of hydrogen-bond acceptors (Lipinski definition) is 5. The van der Waals surface area contributed by atoms with E-state index in [2.05, 4.69) is 15.6 Å². The molecule has 0 heterocycles. The van der Waals surface area contributed by atoms with Crippen molar-refractivity contribution in [2.75, 3.05) is 6.54 Å². The summed E-state index contributed by atoms with van der Waals surface area (Å²) in [5, 5.41) is 5.42. The molecule has 2 rings (SSSR count). The van der Waals surface area contributed by atoms with Crippen LogP contribution in [-0.2, 0) is 9.59 Å². The lowest BCUT2D eigenvalue weighted by Gasteiger charge is -2.15. The number of nitrogens with two attached hydrogens (primary N) is 2. The first-order chi connectivity index (χ1) is 12.3. The molecule has 0 aromatic heterocycles. The van der Waals surface area contributed by atoms with Gasteiger partial charge < -0.3 is 22.1 Å². The Morgan fingerprint density at radius 1 is 1.15 bits per heavy atom. The molecular formula is C18H21N5O3. The predicted octanol–water partition coefficient (Wildman–Crippen LogP) is 0.976. The minimum absolute atomic E-state index is 0.0503. The van der Waals surface area contributed by atoms with Crippen molar-refractivity contribution in [2.24, 2.45) is 16.5 Å². The first-order valence-electron chi connectivity index (χ1n) is 7.97. The molecule has 0 saturated heterocycles. The van der Waals surface area contributed by atoms with Crippen molar-refractivity contribution in [1.29, 1.82) is 0 Å². The van der Waals surface area contributed by atoms with Crippen LogP contribution in [0.2, 0.25) is 0 Å². The van der Waals surface area contributed by atoms with Crippen molar-refractivity contribution >= 4 is 29.1 Å². The van der Waals surface area contributed by atoms with Gasteiger partial charge in [0.05, 0.1) is 23.6 Å². The number of primary amides is 2. The van der Waals surface area contributed by atoms with Gasteiger partial charge in [-0.05, 0) is 43.2 Å². The van der Waals surface area contributed by atoms with E-state index in [1.807, 2.05) is 19.1 Å². The monoisotopic (exact) mass is 355 g/mol. The van der Waals surface area contributed by atoms with Gasteiger partial charge in [-0.3, -0.25) is 9.59 Å². The summed E-state index contributed by atoms with van der Waals surface area (Å²) in [6.45, 7) is 3.68. The Labute approximate surface area is 151 Å². The van der Waals surface area contributed by atoms with Gasteiger partial charge in [-0.2, -0.15) is 0 Å². The van der Waals surface area contributed by atoms with Crippen LogP contribution >= 0.6 is 0 Å². The molecule has 136 valence electrons. The Bertz CT molecular complexity index is 822. The van der Waals surface area contributed by atoms with Crippen LogP contribution in [0, 0.1) is 0 Å². The number of ketones is 1. The van der Waals surface area contributed by atoms with Crippen molar-refractivity contribution in [3.8, 4) is 0 Å². The minimum atomic E-state index is -0.769. The van der Waals surface area contributed by atoms with Crippen LogP contribution in [0.5, 0.6) is 0 Å². The molecule has 0 fully saturated rings. The molecule has 1 aliphatic carbocycles. The number of carbonyl (C=O) groups excluding carboxylic acids is 3. The van der Waals surface area contributed by atoms with Crippen molar-refractivity contribution in [1.82, 2.24) is 10.6 Å². The summed E-state index contributed by atoms with van der Waals surface area (Å²) in [6.07, 6.45) is 2.89. The predicted molar refractivity (Wildman–Crippen MR) is 98.7 cm³/mol. The number of nitrogens with zero attached hydrogens (tertiary/aromatic N) is 1.